The van der Waals surface area contributed by atoms with Gasteiger partial charge in [0, 0.05) is 5.56 Å². The molecule has 1 aromatic heterocycles. The maximum absolute atomic E-state index is 12.3. The lowest BCUT2D eigenvalue weighted by atomic mass is 10.1. The highest BCUT2D eigenvalue weighted by Crippen LogP contribution is 2.27. The van der Waals surface area contributed by atoms with E-state index < -0.39 is 11.8 Å². The van der Waals surface area contributed by atoms with Crippen molar-refractivity contribution in [3.8, 4) is 5.75 Å². The van der Waals surface area contributed by atoms with Gasteiger partial charge in [-0.15, -0.1) is 0 Å². The maximum atomic E-state index is 12.3. The van der Waals surface area contributed by atoms with Crippen molar-refractivity contribution in [1.82, 2.24) is 9.97 Å². The van der Waals surface area contributed by atoms with Crippen LogP contribution in [0.15, 0.2) is 24.5 Å². The number of ether oxygens (including phenoxy) is 1. The van der Waals surface area contributed by atoms with Gasteiger partial charge in [0.15, 0.2) is 0 Å². The van der Waals surface area contributed by atoms with E-state index in [-0.39, 0.29) is 27.8 Å². The number of carbonyl (C=O) groups is 2. The standard InChI is InChI=1S/C13H12ClN5O3/c1-22-8-3-2-6(12(16)20)4-7(8)19-13(21)9-10(14)17-5-18-11(9)15/h2-5H,1H3,(H2,16,20)(H,19,21)(H2,15,17,18). The number of hydrogen-bond donors (Lipinski definition) is 3. The number of carbonyl (C=O) groups excluding carboxylic acids is 2. The van der Waals surface area contributed by atoms with Crippen molar-refractivity contribution in [2.45, 2.75) is 0 Å². The predicted molar refractivity (Wildman–Crippen MR) is 80.9 cm³/mol. The van der Waals surface area contributed by atoms with Gasteiger partial charge >= 0.3 is 0 Å². The Bertz CT molecular complexity index is 730. The molecule has 22 heavy (non-hydrogen) atoms. The van der Waals surface area contributed by atoms with Crippen LogP contribution in [0.25, 0.3) is 0 Å². The van der Waals surface area contributed by atoms with Crippen LogP contribution >= 0.6 is 11.6 Å². The highest BCUT2D eigenvalue weighted by molar-refractivity contribution is 6.34. The summed E-state index contributed by atoms with van der Waals surface area (Å²) in [5.74, 6) is -1.01. The third-order valence-electron chi connectivity index (χ3n) is 2.79. The first-order valence-corrected chi connectivity index (χ1v) is 6.37. The molecule has 1 heterocycles. The Morgan fingerprint density at radius 3 is 2.64 bits per heavy atom. The Labute approximate surface area is 130 Å². The molecule has 0 bridgehead atoms. The second-order valence-electron chi connectivity index (χ2n) is 4.16. The molecule has 5 N–H and O–H groups in total. The van der Waals surface area contributed by atoms with E-state index >= 15 is 0 Å². The van der Waals surface area contributed by atoms with Gasteiger partial charge in [-0.2, -0.15) is 0 Å². The van der Waals surface area contributed by atoms with Gasteiger partial charge in [-0.25, -0.2) is 9.97 Å². The largest absolute Gasteiger partial charge is 0.495 e. The first kappa shape index (κ1) is 15.5. The highest BCUT2D eigenvalue weighted by Gasteiger charge is 2.18. The molecule has 0 saturated carbocycles. The fraction of sp³-hybridized carbons (Fsp3) is 0.0769. The zero-order chi connectivity index (χ0) is 16.3. The Hall–Kier alpha value is -2.87. The summed E-state index contributed by atoms with van der Waals surface area (Å²) in [5, 5.41) is 2.45. The molecule has 0 spiro atoms. The molecule has 0 unspecified atom stereocenters. The molecular weight excluding hydrogens is 310 g/mol. The summed E-state index contributed by atoms with van der Waals surface area (Å²) in [6.45, 7) is 0. The van der Waals surface area contributed by atoms with E-state index in [9.17, 15) is 9.59 Å². The third-order valence-corrected chi connectivity index (χ3v) is 3.08. The molecule has 2 aromatic rings. The van der Waals surface area contributed by atoms with Crippen LogP contribution in [0.1, 0.15) is 20.7 Å². The molecule has 8 nitrogen and oxygen atoms in total. The Morgan fingerprint density at radius 2 is 2.05 bits per heavy atom. The van der Waals surface area contributed by atoms with Crippen molar-refractivity contribution in [3.05, 3.63) is 40.8 Å². The van der Waals surface area contributed by atoms with Crippen molar-refractivity contribution in [2.24, 2.45) is 5.73 Å². The molecule has 9 heteroatoms. The minimum absolute atomic E-state index is 0.0671. The fourth-order valence-electron chi connectivity index (χ4n) is 1.73. The van der Waals surface area contributed by atoms with Crippen molar-refractivity contribution in [2.75, 3.05) is 18.2 Å². The lowest BCUT2D eigenvalue weighted by Gasteiger charge is -2.12. The number of nitrogens with two attached hydrogens (primary N) is 2. The minimum atomic E-state index is -0.640. The number of nitrogens with one attached hydrogen (secondary N) is 1. The number of nitrogen functional groups attached to an aromatic ring is 1. The van der Waals surface area contributed by atoms with Gasteiger partial charge in [-0.05, 0) is 18.2 Å². The van der Waals surface area contributed by atoms with Crippen LogP contribution in [0.2, 0.25) is 5.15 Å². The number of aromatic nitrogens is 2. The fourth-order valence-corrected chi connectivity index (χ4v) is 1.96. The first-order chi connectivity index (χ1) is 10.4. The monoisotopic (exact) mass is 321 g/mol. The molecule has 1 aromatic carbocycles. The maximum Gasteiger partial charge on any atom is 0.262 e. The molecule has 114 valence electrons. The average molecular weight is 322 g/mol. The summed E-state index contributed by atoms with van der Waals surface area (Å²) in [6.07, 6.45) is 1.14. The van der Waals surface area contributed by atoms with Crippen LogP contribution in [-0.4, -0.2) is 28.9 Å². The number of nitrogens with zero attached hydrogens (tertiary/aromatic N) is 2. The van der Waals surface area contributed by atoms with E-state index in [1.807, 2.05) is 0 Å². The summed E-state index contributed by atoms with van der Waals surface area (Å²) < 4.78 is 5.11. The summed E-state index contributed by atoms with van der Waals surface area (Å²) in [4.78, 5) is 30.9. The first-order valence-electron chi connectivity index (χ1n) is 5.99. The molecule has 0 atom stereocenters. The van der Waals surface area contributed by atoms with Crippen LogP contribution in [0.4, 0.5) is 11.5 Å². The van der Waals surface area contributed by atoms with Crippen molar-refractivity contribution in [3.63, 3.8) is 0 Å². The summed E-state index contributed by atoms with van der Waals surface area (Å²) in [6, 6.07) is 4.36. The lowest BCUT2D eigenvalue weighted by molar-refractivity contribution is 0.0996. The Balaban J connectivity index is 2.39. The van der Waals surface area contributed by atoms with Gasteiger partial charge in [0.05, 0.1) is 12.8 Å². The summed E-state index contributed by atoms with van der Waals surface area (Å²) in [7, 11) is 1.42. The highest BCUT2D eigenvalue weighted by atomic mass is 35.5. The van der Waals surface area contributed by atoms with Crippen molar-refractivity contribution < 1.29 is 14.3 Å². The molecule has 2 rings (SSSR count). The van der Waals surface area contributed by atoms with E-state index in [0.717, 1.165) is 6.33 Å². The van der Waals surface area contributed by atoms with Crippen molar-refractivity contribution in [1.29, 1.82) is 0 Å². The Kier molecular flexibility index (Phi) is 4.42. The van der Waals surface area contributed by atoms with Gasteiger partial charge in [-0.3, -0.25) is 9.59 Å². The quantitative estimate of drug-likeness (QED) is 0.721. The van der Waals surface area contributed by atoms with E-state index in [4.69, 9.17) is 27.8 Å². The van der Waals surface area contributed by atoms with Crippen molar-refractivity contribution >= 4 is 34.9 Å². The third kappa shape index (κ3) is 3.07. The van der Waals surface area contributed by atoms with Crippen LogP contribution < -0.4 is 21.5 Å². The summed E-state index contributed by atoms with van der Waals surface area (Å²) in [5.41, 5.74) is 11.2. The van der Waals surface area contributed by atoms with E-state index in [1.54, 1.807) is 0 Å². The molecule has 0 aliphatic rings. The van der Waals surface area contributed by atoms with Crippen LogP contribution in [0.3, 0.4) is 0 Å². The lowest BCUT2D eigenvalue weighted by Crippen LogP contribution is -2.18. The van der Waals surface area contributed by atoms with Gasteiger partial charge < -0.3 is 21.5 Å². The number of amides is 2. The minimum Gasteiger partial charge on any atom is -0.495 e. The van der Waals surface area contributed by atoms with E-state index in [1.165, 1.54) is 25.3 Å². The molecule has 0 saturated heterocycles. The zero-order valence-electron chi connectivity index (χ0n) is 11.5. The van der Waals surface area contributed by atoms with Gasteiger partial charge in [0.25, 0.3) is 5.91 Å². The van der Waals surface area contributed by atoms with Gasteiger partial charge in [-0.1, -0.05) is 11.6 Å². The number of methoxy groups -OCH3 is 1. The van der Waals surface area contributed by atoms with Gasteiger partial charge in [0.1, 0.15) is 28.6 Å². The topological polar surface area (TPSA) is 133 Å². The smallest absolute Gasteiger partial charge is 0.262 e. The molecule has 2 amide bonds. The SMILES string of the molecule is COc1ccc(C(N)=O)cc1NC(=O)c1c(N)ncnc1Cl. The molecule has 0 aliphatic carbocycles. The number of primary amides is 1. The van der Waals surface area contributed by atoms with Crippen LogP contribution in [0, 0.1) is 0 Å². The number of hydrogen-bond acceptors (Lipinski definition) is 6. The number of rotatable bonds is 4. The van der Waals surface area contributed by atoms with Gasteiger partial charge in [0.2, 0.25) is 5.91 Å². The molecule has 0 fully saturated rings. The van der Waals surface area contributed by atoms with Crippen LogP contribution in [-0.2, 0) is 0 Å². The summed E-state index contributed by atoms with van der Waals surface area (Å²) >= 11 is 5.85. The molecule has 0 radical (unpaired) electrons. The second kappa shape index (κ2) is 6.27. The normalized spacial score (nSPS) is 10.1. The predicted octanol–water partition coefficient (Wildman–Crippen LogP) is 1.07. The van der Waals surface area contributed by atoms with Crippen LogP contribution in [0.5, 0.6) is 5.75 Å². The Morgan fingerprint density at radius 1 is 1.32 bits per heavy atom. The van der Waals surface area contributed by atoms with E-state index in [2.05, 4.69) is 15.3 Å². The molecular formula is C13H12ClN5O3. The second-order valence-corrected chi connectivity index (χ2v) is 4.52. The number of benzene rings is 1. The number of halogens is 1. The number of anilines is 2. The average Bonchev–Trinajstić information content (AvgIpc) is 2.46. The van der Waals surface area contributed by atoms with E-state index in [0.29, 0.717) is 5.75 Å². The molecule has 0 aliphatic heterocycles. The zero-order valence-corrected chi connectivity index (χ0v) is 12.2.